The van der Waals surface area contributed by atoms with Crippen molar-refractivity contribution in [1.82, 2.24) is 5.32 Å². The first-order chi connectivity index (χ1) is 10.1. The van der Waals surface area contributed by atoms with Crippen LogP contribution in [0.1, 0.15) is 28.5 Å². The molecule has 2 aromatic rings. The predicted octanol–water partition coefficient (Wildman–Crippen LogP) is 3.84. The molecule has 0 spiro atoms. The minimum Gasteiger partial charge on any atom is -0.326 e. The number of carbonyl (C=O) groups excluding carboxylic acids is 1. The van der Waals surface area contributed by atoms with E-state index in [4.69, 9.17) is 0 Å². The molecule has 0 fully saturated rings. The van der Waals surface area contributed by atoms with Crippen LogP contribution in [0, 0.1) is 5.82 Å². The van der Waals surface area contributed by atoms with Gasteiger partial charge in [-0.2, -0.15) is 0 Å². The fourth-order valence-corrected chi connectivity index (χ4v) is 4.31. The maximum absolute atomic E-state index is 14.5. The fourth-order valence-electron chi connectivity index (χ4n) is 2.58. The highest BCUT2D eigenvalue weighted by atomic mass is 79.9. The first kappa shape index (κ1) is 14.7. The van der Waals surface area contributed by atoms with E-state index in [1.807, 2.05) is 24.6 Å². The molecule has 6 heteroatoms. The molecule has 0 aliphatic carbocycles. The molecule has 0 saturated carbocycles. The zero-order valence-electron chi connectivity index (χ0n) is 11.4. The van der Waals surface area contributed by atoms with Crippen molar-refractivity contribution in [3.8, 4) is 0 Å². The maximum Gasteiger partial charge on any atom is 0.224 e. The number of hydrogen-bond acceptors (Lipinski definition) is 3. The number of amides is 1. The lowest BCUT2D eigenvalue weighted by molar-refractivity contribution is -0.116. The fraction of sp³-hybridized carbons (Fsp3) is 0.267. The molecule has 1 unspecified atom stereocenters. The van der Waals surface area contributed by atoms with Crippen LogP contribution in [0.4, 0.5) is 10.1 Å². The van der Waals surface area contributed by atoms with E-state index in [9.17, 15) is 9.18 Å². The third kappa shape index (κ3) is 2.75. The van der Waals surface area contributed by atoms with Gasteiger partial charge in [0.25, 0.3) is 0 Å². The monoisotopic (exact) mass is 368 g/mol. The van der Waals surface area contributed by atoms with Crippen molar-refractivity contribution in [2.45, 2.75) is 18.9 Å². The molecular formula is C15H14BrFN2OS. The van der Waals surface area contributed by atoms with Gasteiger partial charge < -0.3 is 10.6 Å². The molecular weight excluding hydrogens is 355 g/mol. The molecule has 1 amide bonds. The second-order valence-corrected chi connectivity index (χ2v) is 6.74. The smallest absolute Gasteiger partial charge is 0.224 e. The predicted molar refractivity (Wildman–Crippen MR) is 86.3 cm³/mol. The topological polar surface area (TPSA) is 41.1 Å². The Balaban J connectivity index is 2.05. The van der Waals surface area contributed by atoms with Crippen LogP contribution in [0.5, 0.6) is 0 Å². The highest BCUT2D eigenvalue weighted by Gasteiger charge is 2.24. The van der Waals surface area contributed by atoms with Crippen LogP contribution in [0.25, 0.3) is 0 Å². The highest BCUT2D eigenvalue weighted by Crippen LogP contribution is 2.36. The van der Waals surface area contributed by atoms with Gasteiger partial charge >= 0.3 is 0 Å². The number of benzene rings is 1. The van der Waals surface area contributed by atoms with E-state index in [1.165, 1.54) is 6.07 Å². The summed E-state index contributed by atoms with van der Waals surface area (Å²) in [6, 6.07) is 5.04. The Bertz CT molecular complexity index is 701. The van der Waals surface area contributed by atoms with E-state index in [1.54, 1.807) is 11.3 Å². The molecule has 0 radical (unpaired) electrons. The molecule has 110 valence electrons. The van der Waals surface area contributed by atoms with Gasteiger partial charge in [0, 0.05) is 27.0 Å². The number of hydrogen-bond donors (Lipinski definition) is 2. The zero-order chi connectivity index (χ0) is 15.0. The largest absolute Gasteiger partial charge is 0.326 e. The summed E-state index contributed by atoms with van der Waals surface area (Å²) < 4.78 is 15.4. The quantitative estimate of drug-likeness (QED) is 0.863. The highest BCUT2D eigenvalue weighted by molar-refractivity contribution is 9.10. The van der Waals surface area contributed by atoms with Crippen molar-refractivity contribution in [2.75, 3.05) is 12.4 Å². The molecule has 1 aliphatic rings. The second-order valence-electron chi connectivity index (χ2n) is 4.93. The number of nitrogens with one attached hydrogen (secondary N) is 2. The van der Waals surface area contributed by atoms with Gasteiger partial charge in [-0.3, -0.25) is 4.79 Å². The first-order valence-corrected chi connectivity index (χ1v) is 8.29. The van der Waals surface area contributed by atoms with Gasteiger partial charge in [-0.15, -0.1) is 11.3 Å². The van der Waals surface area contributed by atoms with Crippen LogP contribution < -0.4 is 10.6 Å². The number of aryl methyl sites for hydroxylation is 1. The maximum atomic E-state index is 14.5. The Morgan fingerprint density at radius 2 is 2.24 bits per heavy atom. The van der Waals surface area contributed by atoms with Gasteiger partial charge in [-0.25, -0.2) is 4.39 Å². The number of carbonyl (C=O) groups is 1. The summed E-state index contributed by atoms with van der Waals surface area (Å²) in [5, 5.41) is 7.87. The molecule has 1 aromatic heterocycles. The Morgan fingerprint density at radius 3 is 2.90 bits per heavy atom. The second kappa shape index (κ2) is 5.87. The molecule has 0 saturated heterocycles. The molecule has 1 aliphatic heterocycles. The van der Waals surface area contributed by atoms with E-state index in [2.05, 4.69) is 26.6 Å². The zero-order valence-corrected chi connectivity index (χ0v) is 13.8. The third-order valence-corrected chi connectivity index (χ3v) is 5.56. The minimum absolute atomic E-state index is 0.0548. The Morgan fingerprint density at radius 1 is 1.43 bits per heavy atom. The Kier molecular flexibility index (Phi) is 4.10. The van der Waals surface area contributed by atoms with E-state index in [0.29, 0.717) is 24.1 Å². The number of thiophene rings is 1. The molecule has 2 heterocycles. The molecule has 0 bridgehead atoms. The van der Waals surface area contributed by atoms with E-state index >= 15 is 0 Å². The summed E-state index contributed by atoms with van der Waals surface area (Å²) in [7, 11) is 1.82. The summed E-state index contributed by atoms with van der Waals surface area (Å²) in [6.45, 7) is 0. The lowest BCUT2D eigenvalue weighted by Gasteiger charge is -2.22. The van der Waals surface area contributed by atoms with Crippen LogP contribution in [0.15, 0.2) is 28.1 Å². The normalized spacial score (nSPS) is 15.5. The minimum atomic E-state index is -0.310. The van der Waals surface area contributed by atoms with Gasteiger partial charge in [0.15, 0.2) is 0 Å². The summed E-state index contributed by atoms with van der Waals surface area (Å²) >= 11 is 5.08. The van der Waals surface area contributed by atoms with Crippen molar-refractivity contribution in [2.24, 2.45) is 0 Å². The SMILES string of the molecule is CNC(c1cc2c(cc1F)NC(=O)CC2)c1sccc1Br. The molecule has 3 nitrogen and oxygen atoms in total. The summed E-state index contributed by atoms with van der Waals surface area (Å²) in [5.74, 6) is -0.364. The van der Waals surface area contributed by atoms with Gasteiger partial charge in [0.1, 0.15) is 5.82 Å². The summed E-state index contributed by atoms with van der Waals surface area (Å²) in [5.41, 5.74) is 2.18. The van der Waals surface area contributed by atoms with E-state index < -0.39 is 0 Å². The van der Waals surface area contributed by atoms with Crippen molar-refractivity contribution < 1.29 is 9.18 Å². The number of halogens is 2. The molecule has 3 rings (SSSR count). The van der Waals surface area contributed by atoms with Crippen LogP contribution >= 0.6 is 27.3 Å². The van der Waals surface area contributed by atoms with Crippen molar-refractivity contribution in [3.05, 3.63) is 49.9 Å². The third-order valence-electron chi connectivity index (χ3n) is 3.62. The van der Waals surface area contributed by atoms with Gasteiger partial charge in [0.2, 0.25) is 5.91 Å². The van der Waals surface area contributed by atoms with Gasteiger partial charge in [-0.05, 0) is 58.5 Å². The first-order valence-electron chi connectivity index (χ1n) is 6.62. The average Bonchev–Trinajstić information content (AvgIpc) is 2.87. The van der Waals surface area contributed by atoms with Crippen LogP contribution in [-0.2, 0) is 11.2 Å². The summed E-state index contributed by atoms with van der Waals surface area (Å²) in [6.07, 6.45) is 1.10. The van der Waals surface area contributed by atoms with Crippen LogP contribution in [-0.4, -0.2) is 13.0 Å². The average molecular weight is 369 g/mol. The molecule has 2 N–H and O–H groups in total. The lowest BCUT2D eigenvalue weighted by Crippen LogP contribution is -2.22. The molecule has 1 atom stereocenters. The Hall–Kier alpha value is -1.24. The number of anilines is 1. The van der Waals surface area contributed by atoms with Gasteiger partial charge in [-0.1, -0.05) is 0 Å². The van der Waals surface area contributed by atoms with Crippen molar-refractivity contribution in [3.63, 3.8) is 0 Å². The van der Waals surface area contributed by atoms with E-state index in [-0.39, 0.29) is 17.8 Å². The standard InChI is InChI=1S/C15H14BrFN2OS/c1-18-14(15-10(16)4-5-21-15)9-6-8-2-3-13(20)19-12(8)7-11(9)17/h4-7,14,18H,2-3H2,1H3,(H,19,20). The van der Waals surface area contributed by atoms with Crippen molar-refractivity contribution >= 4 is 38.9 Å². The summed E-state index contributed by atoms with van der Waals surface area (Å²) in [4.78, 5) is 12.4. The van der Waals surface area contributed by atoms with Gasteiger partial charge in [0.05, 0.1) is 6.04 Å². The van der Waals surface area contributed by atoms with Crippen LogP contribution in [0.2, 0.25) is 0 Å². The lowest BCUT2D eigenvalue weighted by atomic mass is 9.96. The number of fused-ring (bicyclic) bond motifs is 1. The van der Waals surface area contributed by atoms with E-state index in [0.717, 1.165) is 14.9 Å². The Labute approximate surface area is 134 Å². The van der Waals surface area contributed by atoms with Crippen molar-refractivity contribution in [1.29, 1.82) is 0 Å². The molecule has 21 heavy (non-hydrogen) atoms. The van der Waals surface area contributed by atoms with Crippen LogP contribution in [0.3, 0.4) is 0 Å². The number of rotatable bonds is 3. The molecule has 1 aromatic carbocycles.